The topological polar surface area (TPSA) is 82.4 Å². The van der Waals surface area contributed by atoms with Gasteiger partial charge in [-0.2, -0.15) is 0 Å². The summed E-state index contributed by atoms with van der Waals surface area (Å²) in [5.41, 5.74) is 8.74. The number of carbonyl (C=O) groups is 1. The summed E-state index contributed by atoms with van der Waals surface area (Å²) in [7, 11) is 0. The number of hydrogen-bond donors (Lipinski definition) is 4. The molecule has 172 valence electrons. The molecular formula is C26H30FN5O. The van der Waals surface area contributed by atoms with E-state index in [0.29, 0.717) is 12.1 Å². The highest BCUT2D eigenvalue weighted by molar-refractivity contribution is 5.97. The van der Waals surface area contributed by atoms with E-state index in [4.69, 9.17) is 5.84 Å². The molecule has 4 rings (SSSR count). The zero-order chi connectivity index (χ0) is 23.4. The Kier molecular flexibility index (Phi) is 6.60. The predicted octanol–water partition coefficient (Wildman–Crippen LogP) is 4.46. The highest BCUT2D eigenvalue weighted by Crippen LogP contribution is 2.35. The minimum Gasteiger partial charge on any atom is -0.381 e. The van der Waals surface area contributed by atoms with Crippen LogP contribution in [-0.4, -0.2) is 19.0 Å². The van der Waals surface area contributed by atoms with Gasteiger partial charge >= 0.3 is 0 Å². The molecule has 0 saturated carbocycles. The molecule has 3 aromatic carbocycles. The zero-order valence-corrected chi connectivity index (χ0v) is 18.7. The first-order valence-corrected chi connectivity index (χ1v) is 10.9. The molecule has 0 saturated heterocycles. The Hall–Kier alpha value is -3.84. The van der Waals surface area contributed by atoms with E-state index in [2.05, 4.69) is 33.1 Å². The van der Waals surface area contributed by atoms with Gasteiger partial charge in [0.1, 0.15) is 5.82 Å². The van der Waals surface area contributed by atoms with Crippen molar-refractivity contribution in [1.82, 2.24) is 16.1 Å². The second-order valence-corrected chi connectivity index (χ2v) is 8.04. The van der Waals surface area contributed by atoms with Crippen LogP contribution in [0.2, 0.25) is 0 Å². The molecule has 0 aromatic heterocycles. The normalized spacial score (nSPS) is 15.6. The fourth-order valence-corrected chi connectivity index (χ4v) is 4.01. The molecule has 3 aromatic rings. The van der Waals surface area contributed by atoms with Crippen LogP contribution in [-0.2, 0) is 0 Å². The summed E-state index contributed by atoms with van der Waals surface area (Å²) in [4.78, 5) is 15.3. The standard InChI is InChI=1S/C26H28FN5O.H2/c1-17(19-8-11-21(27)12-9-19)30-26(33)20-10-13-23-24(16-20)32(22-6-4-3-5-7-22)15-14-29-25(23)18(2)31-28;/h3-13,16-17,29,31H,14-15,28H2,1-2H3,(H,30,33);1H/b25-18-;/t17-;/m0./s1. The Morgan fingerprint density at radius 2 is 1.85 bits per heavy atom. The number of nitrogens with two attached hydrogens (primary N) is 1. The van der Waals surface area contributed by atoms with Crippen LogP contribution in [0.3, 0.4) is 0 Å². The average molecular weight is 448 g/mol. The van der Waals surface area contributed by atoms with Gasteiger partial charge in [0.2, 0.25) is 0 Å². The van der Waals surface area contributed by atoms with E-state index in [1.165, 1.54) is 12.1 Å². The molecule has 33 heavy (non-hydrogen) atoms. The number of amides is 1. The molecule has 1 heterocycles. The number of halogens is 1. The quantitative estimate of drug-likeness (QED) is 0.343. The minimum atomic E-state index is -0.302. The molecule has 1 aliphatic heterocycles. The molecule has 6 nitrogen and oxygen atoms in total. The van der Waals surface area contributed by atoms with Gasteiger partial charge < -0.3 is 21.0 Å². The molecule has 1 atom stereocenters. The van der Waals surface area contributed by atoms with E-state index < -0.39 is 0 Å². The SMILES string of the molecule is C/C(NN)=C1/NCCN(c2ccccc2)c2cc(C(=O)N[C@@H](C)c3ccc(F)cc3)ccc21.[HH]. The maximum Gasteiger partial charge on any atom is 0.251 e. The molecule has 0 unspecified atom stereocenters. The molecule has 0 aliphatic carbocycles. The number of benzene rings is 3. The molecule has 0 fully saturated rings. The van der Waals surface area contributed by atoms with Crippen LogP contribution in [0.1, 0.15) is 42.8 Å². The number of nitrogens with one attached hydrogen (secondary N) is 3. The Labute approximate surface area is 194 Å². The van der Waals surface area contributed by atoms with Crippen LogP contribution in [0.15, 0.2) is 78.5 Å². The third kappa shape index (κ3) is 4.83. The first-order valence-electron chi connectivity index (χ1n) is 10.9. The molecule has 1 aliphatic rings. The van der Waals surface area contributed by atoms with Gasteiger partial charge in [-0.1, -0.05) is 30.3 Å². The number of carbonyl (C=O) groups excluding carboxylic acids is 1. The third-order valence-electron chi connectivity index (χ3n) is 5.83. The number of rotatable bonds is 5. The van der Waals surface area contributed by atoms with Crippen molar-refractivity contribution in [3.05, 3.63) is 101 Å². The smallest absolute Gasteiger partial charge is 0.251 e. The number of hydrogen-bond acceptors (Lipinski definition) is 5. The third-order valence-corrected chi connectivity index (χ3v) is 5.83. The van der Waals surface area contributed by atoms with E-state index in [1.807, 2.05) is 50.2 Å². The van der Waals surface area contributed by atoms with Crippen LogP contribution >= 0.6 is 0 Å². The zero-order valence-electron chi connectivity index (χ0n) is 18.7. The fourth-order valence-electron chi connectivity index (χ4n) is 4.01. The van der Waals surface area contributed by atoms with Crippen LogP contribution in [0.4, 0.5) is 15.8 Å². The van der Waals surface area contributed by atoms with Crippen molar-refractivity contribution < 1.29 is 10.6 Å². The van der Waals surface area contributed by atoms with Crippen molar-refractivity contribution in [2.24, 2.45) is 5.84 Å². The van der Waals surface area contributed by atoms with Gasteiger partial charge in [0.25, 0.3) is 5.91 Å². The summed E-state index contributed by atoms with van der Waals surface area (Å²) in [6, 6.07) is 21.6. The number of anilines is 2. The van der Waals surface area contributed by atoms with Crippen molar-refractivity contribution in [2.45, 2.75) is 19.9 Å². The lowest BCUT2D eigenvalue weighted by Gasteiger charge is -2.25. The molecule has 7 heteroatoms. The van der Waals surface area contributed by atoms with Crippen molar-refractivity contribution in [3.8, 4) is 0 Å². The number of allylic oxidation sites excluding steroid dienone is 1. The maximum absolute atomic E-state index is 13.2. The molecule has 5 N–H and O–H groups in total. The Bertz CT molecular complexity index is 1170. The van der Waals surface area contributed by atoms with Gasteiger partial charge in [-0.05, 0) is 61.9 Å². The summed E-state index contributed by atoms with van der Waals surface area (Å²) < 4.78 is 13.2. The van der Waals surface area contributed by atoms with E-state index >= 15 is 0 Å². The van der Waals surface area contributed by atoms with Gasteiger partial charge in [0.05, 0.1) is 17.4 Å². The lowest BCUT2D eigenvalue weighted by molar-refractivity contribution is 0.0940. The largest absolute Gasteiger partial charge is 0.381 e. The van der Waals surface area contributed by atoms with E-state index in [-0.39, 0.29) is 19.2 Å². The summed E-state index contributed by atoms with van der Waals surface area (Å²) in [6.07, 6.45) is 0. The molecule has 0 radical (unpaired) electrons. The summed E-state index contributed by atoms with van der Waals surface area (Å²) in [5.74, 6) is 5.21. The first-order chi connectivity index (χ1) is 16.0. The van der Waals surface area contributed by atoms with E-state index in [1.54, 1.807) is 12.1 Å². The Balaban J connectivity index is 0.00000324. The number of fused-ring (bicyclic) bond motifs is 1. The van der Waals surface area contributed by atoms with Crippen LogP contribution in [0, 0.1) is 5.82 Å². The lowest BCUT2D eigenvalue weighted by atomic mass is 10.0. The van der Waals surface area contributed by atoms with Gasteiger partial charge in [-0.15, -0.1) is 0 Å². The highest BCUT2D eigenvalue weighted by Gasteiger charge is 2.23. The van der Waals surface area contributed by atoms with Gasteiger partial charge in [-0.3, -0.25) is 10.6 Å². The van der Waals surface area contributed by atoms with Crippen molar-refractivity contribution >= 4 is 23.0 Å². The van der Waals surface area contributed by atoms with Crippen molar-refractivity contribution in [2.75, 3.05) is 18.0 Å². The van der Waals surface area contributed by atoms with Gasteiger partial charge in [-0.25, -0.2) is 4.39 Å². The molecule has 1 amide bonds. The van der Waals surface area contributed by atoms with E-state index in [0.717, 1.165) is 40.4 Å². The van der Waals surface area contributed by atoms with Crippen LogP contribution in [0.25, 0.3) is 5.70 Å². The minimum absolute atomic E-state index is 0. The number of para-hydroxylation sites is 1. The first kappa shape index (κ1) is 22.4. The monoisotopic (exact) mass is 447 g/mol. The predicted molar refractivity (Wildman–Crippen MR) is 132 cm³/mol. The summed E-state index contributed by atoms with van der Waals surface area (Å²) in [5, 5.41) is 6.47. The van der Waals surface area contributed by atoms with Crippen LogP contribution < -0.4 is 26.8 Å². The maximum atomic E-state index is 13.2. The average Bonchev–Trinajstić information content (AvgIpc) is 3.03. The second kappa shape index (κ2) is 9.75. The Morgan fingerprint density at radius 3 is 2.55 bits per heavy atom. The summed E-state index contributed by atoms with van der Waals surface area (Å²) >= 11 is 0. The Morgan fingerprint density at radius 1 is 1.12 bits per heavy atom. The number of nitrogens with zero attached hydrogens (tertiary/aromatic N) is 1. The van der Waals surface area contributed by atoms with Gasteiger partial charge in [0.15, 0.2) is 0 Å². The van der Waals surface area contributed by atoms with Crippen molar-refractivity contribution in [3.63, 3.8) is 0 Å². The second-order valence-electron chi connectivity index (χ2n) is 8.04. The van der Waals surface area contributed by atoms with Crippen LogP contribution in [0.5, 0.6) is 0 Å². The number of hydrazine groups is 1. The van der Waals surface area contributed by atoms with E-state index in [9.17, 15) is 9.18 Å². The molecule has 0 spiro atoms. The molecule has 0 bridgehead atoms. The highest BCUT2D eigenvalue weighted by atomic mass is 19.1. The molecular weight excluding hydrogens is 417 g/mol. The van der Waals surface area contributed by atoms with Crippen molar-refractivity contribution in [1.29, 1.82) is 0 Å². The summed E-state index contributed by atoms with van der Waals surface area (Å²) in [6.45, 7) is 5.22. The lowest BCUT2D eigenvalue weighted by Crippen LogP contribution is -2.27. The fraction of sp³-hybridized carbons (Fsp3) is 0.192. The van der Waals surface area contributed by atoms with Gasteiger partial charge in [0, 0.05) is 37.0 Å².